The molecule has 0 amide bonds. The van der Waals surface area contributed by atoms with E-state index in [0.29, 0.717) is 23.7 Å². The predicted octanol–water partition coefficient (Wildman–Crippen LogP) is 6.15. The van der Waals surface area contributed by atoms with Gasteiger partial charge in [-0.15, -0.1) is 0 Å². The molecule has 35 heavy (non-hydrogen) atoms. The molecule has 0 aromatic rings. The fourth-order valence-corrected chi connectivity index (χ4v) is 11.8. The molecule has 4 nitrogen and oxygen atoms in total. The first-order valence-corrected chi connectivity index (χ1v) is 14.4. The minimum Gasteiger partial charge on any atom is -0.469 e. The lowest BCUT2D eigenvalue weighted by Gasteiger charge is -2.73. The van der Waals surface area contributed by atoms with Crippen molar-refractivity contribution in [2.24, 2.45) is 56.7 Å². The van der Waals surface area contributed by atoms with Crippen LogP contribution in [0.15, 0.2) is 12.2 Å². The molecule has 5 rings (SSSR count). The summed E-state index contributed by atoms with van der Waals surface area (Å²) < 4.78 is 5.47. The van der Waals surface area contributed by atoms with Gasteiger partial charge in [0.2, 0.25) is 0 Å². The van der Waals surface area contributed by atoms with Crippen molar-refractivity contribution in [1.29, 1.82) is 0 Å². The summed E-state index contributed by atoms with van der Waals surface area (Å²) >= 11 is 0. The highest BCUT2D eigenvalue weighted by Gasteiger charge is 2.73. The van der Waals surface area contributed by atoms with Gasteiger partial charge in [0.15, 0.2) is 0 Å². The van der Waals surface area contributed by atoms with Crippen molar-refractivity contribution in [1.82, 2.24) is 0 Å². The summed E-state index contributed by atoms with van der Waals surface area (Å²) in [6, 6.07) is 0. The molecule has 0 spiro atoms. The summed E-state index contributed by atoms with van der Waals surface area (Å²) in [5.74, 6) is 1.91. The summed E-state index contributed by atoms with van der Waals surface area (Å²) in [7, 11) is 1.55. The lowest BCUT2D eigenvalue weighted by atomic mass is 9.32. The average Bonchev–Trinajstić information content (AvgIpc) is 3.22. The molecule has 5 aliphatic rings. The first-order valence-electron chi connectivity index (χ1n) is 14.4. The van der Waals surface area contributed by atoms with E-state index in [0.717, 1.165) is 57.8 Å². The molecule has 0 aliphatic heterocycles. The topological polar surface area (TPSA) is 66.8 Å². The number of hydrogen-bond acceptors (Lipinski definition) is 4. The molecular formula is C31H50O4. The number of carbonyl (C=O) groups excluding carboxylic acids is 1. The molecule has 0 saturated heterocycles. The highest BCUT2D eigenvalue weighted by molar-refractivity contribution is 5.78. The molecule has 4 heteroatoms. The van der Waals surface area contributed by atoms with Gasteiger partial charge >= 0.3 is 5.97 Å². The number of carbonyl (C=O) groups is 1. The van der Waals surface area contributed by atoms with E-state index in [1.54, 1.807) is 7.11 Å². The average molecular weight is 487 g/mol. The summed E-state index contributed by atoms with van der Waals surface area (Å²) in [4.78, 5) is 13.4. The van der Waals surface area contributed by atoms with Gasteiger partial charge in [-0.3, -0.25) is 4.79 Å². The van der Waals surface area contributed by atoms with Crippen LogP contribution in [0.25, 0.3) is 0 Å². The monoisotopic (exact) mass is 486 g/mol. The lowest BCUT2D eigenvalue weighted by Crippen LogP contribution is -2.68. The van der Waals surface area contributed by atoms with Crippen molar-refractivity contribution in [3.8, 4) is 0 Å². The smallest absolute Gasteiger partial charge is 0.312 e. The number of hydrogen-bond donors (Lipinski definition) is 2. The van der Waals surface area contributed by atoms with Gasteiger partial charge in [0.25, 0.3) is 0 Å². The number of allylic oxidation sites excluding steroid dienone is 1. The Morgan fingerprint density at radius 1 is 0.943 bits per heavy atom. The van der Waals surface area contributed by atoms with Gasteiger partial charge in [0.05, 0.1) is 18.6 Å². The van der Waals surface area contributed by atoms with Crippen LogP contribution in [0.3, 0.4) is 0 Å². The Balaban J connectivity index is 1.60. The van der Waals surface area contributed by atoms with Gasteiger partial charge in [-0.05, 0) is 117 Å². The fourth-order valence-electron chi connectivity index (χ4n) is 11.8. The van der Waals surface area contributed by atoms with Crippen molar-refractivity contribution in [2.45, 2.75) is 105 Å². The minimum atomic E-state index is -0.414. The number of aliphatic hydroxyl groups is 2. The number of ether oxygens (including phenoxy) is 1. The zero-order chi connectivity index (χ0) is 25.6. The second-order valence-electron chi connectivity index (χ2n) is 14.6. The van der Waals surface area contributed by atoms with Crippen LogP contribution in [0, 0.1) is 56.7 Å². The molecule has 2 N–H and O–H groups in total. The molecule has 0 bridgehead atoms. The van der Waals surface area contributed by atoms with Crippen LogP contribution in [0.4, 0.5) is 0 Å². The molecule has 5 fully saturated rings. The number of aliphatic hydroxyl groups excluding tert-OH is 2. The molecule has 1 unspecified atom stereocenters. The maximum atomic E-state index is 13.4. The van der Waals surface area contributed by atoms with E-state index < -0.39 is 5.41 Å². The zero-order valence-corrected chi connectivity index (χ0v) is 23.2. The first kappa shape index (κ1) is 25.8. The van der Waals surface area contributed by atoms with E-state index in [1.807, 2.05) is 0 Å². The molecule has 0 aromatic heterocycles. The van der Waals surface area contributed by atoms with Gasteiger partial charge < -0.3 is 14.9 Å². The molecule has 0 aromatic carbocycles. The van der Waals surface area contributed by atoms with Gasteiger partial charge in [0, 0.05) is 12.0 Å². The van der Waals surface area contributed by atoms with Crippen molar-refractivity contribution in [3.05, 3.63) is 12.2 Å². The van der Waals surface area contributed by atoms with Gasteiger partial charge in [-0.2, -0.15) is 0 Å². The maximum Gasteiger partial charge on any atom is 0.312 e. The Hall–Kier alpha value is -0.870. The van der Waals surface area contributed by atoms with E-state index >= 15 is 0 Å². The minimum absolute atomic E-state index is 0.0243. The van der Waals surface area contributed by atoms with Crippen LogP contribution >= 0.6 is 0 Å². The van der Waals surface area contributed by atoms with Crippen LogP contribution in [-0.4, -0.2) is 36.0 Å². The number of fused-ring (bicyclic) bond motifs is 7. The Bertz CT molecular complexity index is 894. The summed E-state index contributed by atoms with van der Waals surface area (Å²) in [5, 5.41) is 22.3. The summed E-state index contributed by atoms with van der Waals surface area (Å²) in [6.45, 7) is 16.3. The van der Waals surface area contributed by atoms with Crippen molar-refractivity contribution >= 4 is 5.97 Å². The van der Waals surface area contributed by atoms with E-state index in [9.17, 15) is 15.0 Å². The standard InChI is InChI=1S/C31H50O4/c1-19(2)20-10-15-30(26(34)35-7)16-17-31(18-32)21(25(20)30)8-9-23-28(5)13-12-24(33)27(3,4)22(28)11-14-29(23,31)6/h20-25,32-33H,1,8-18H2,2-7H3/t20-,21+,22-,23+,24?,25+,28-,29+,30-,31-/m0/s1. The summed E-state index contributed by atoms with van der Waals surface area (Å²) in [6.07, 6.45) is 9.88. The van der Waals surface area contributed by atoms with Crippen molar-refractivity contribution in [3.63, 3.8) is 0 Å². The number of rotatable bonds is 3. The second kappa shape index (κ2) is 8.06. The van der Waals surface area contributed by atoms with Gasteiger partial charge in [-0.25, -0.2) is 0 Å². The highest BCUT2D eigenvalue weighted by Crippen LogP contribution is 2.77. The van der Waals surface area contributed by atoms with Crippen molar-refractivity contribution < 1.29 is 19.7 Å². The summed E-state index contributed by atoms with van der Waals surface area (Å²) in [5.41, 5.74) is 0.774. The maximum absolute atomic E-state index is 13.4. The second-order valence-corrected chi connectivity index (χ2v) is 14.6. The largest absolute Gasteiger partial charge is 0.469 e. The normalized spacial score (nSPS) is 52.5. The third-order valence-electron chi connectivity index (χ3n) is 13.6. The van der Waals surface area contributed by atoms with Crippen LogP contribution in [0.1, 0.15) is 98.8 Å². The lowest BCUT2D eigenvalue weighted by molar-refractivity contribution is -0.262. The van der Waals surface area contributed by atoms with Crippen molar-refractivity contribution in [2.75, 3.05) is 13.7 Å². The SMILES string of the molecule is C=C(C)[C@@H]1CC[C@]2(C(=O)OC)CC[C@]3(CO)[C@H](CC[C@@H]4[C@@]5(C)CCC(O)C(C)(C)[C@@H]5CC[C@]43C)[C@@H]12. The van der Waals surface area contributed by atoms with Gasteiger partial charge in [0.1, 0.15) is 0 Å². The first-order chi connectivity index (χ1) is 16.4. The van der Waals surface area contributed by atoms with E-state index in [-0.39, 0.29) is 46.3 Å². The molecule has 5 aliphatic carbocycles. The van der Waals surface area contributed by atoms with E-state index in [4.69, 9.17) is 4.74 Å². The Kier molecular flexibility index (Phi) is 5.94. The van der Waals surface area contributed by atoms with Crippen LogP contribution in [-0.2, 0) is 9.53 Å². The third kappa shape index (κ3) is 3.02. The Morgan fingerprint density at radius 2 is 1.66 bits per heavy atom. The van der Waals surface area contributed by atoms with Crippen LogP contribution in [0.2, 0.25) is 0 Å². The number of methoxy groups -OCH3 is 1. The molecule has 0 heterocycles. The third-order valence-corrected chi connectivity index (χ3v) is 13.6. The predicted molar refractivity (Wildman–Crippen MR) is 138 cm³/mol. The molecule has 5 saturated carbocycles. The zero-order valence-electron chi connectivity index (χ0n) is 23.2. The van der Waals surface area contributed by atoms with E-state index in [1.165, 1.54) is 12.0 Å². The molecular weight excluding hydrogens is 436 g/mol. The molecule has 198 valence electrons. The van der Waals surface area contributed by atoms with E-state index in [2.05, 4.69) is 41.2 Å². The molecule has 10 atom stereocenters. The fraction of sp³-hybridized carbons (Fsp3) is 0.903. The van der Waals surface area contributed by atoms with Gasteiger partial charge in [-0.1, -0.05) is 39.8 Å². The molecule has 0 radical (unpaired) electrons. The quantitative estimate of drug-likeness (QED) is 0.371. The highest BCUT2D eigenvalue weighted by atomic mass is 16.5. The number of esters is 1. The van der Waals surface area contributed by atoms with Crippen LogP contribution in [0.5, 0.6) is 0 Å². The Morgan fingerprint density at radius 3 is 2.29 bits per heavy atom. The Labute approximate surface area is 213 Å². The van der Waals surface area contributed by atoms with Crippen LogP contribution < -0.4 is 0 Å².